The lowest BCUT2D eigenvalue weighted by molar-refractivity contribution is 0.0793. The number of benzene rings is 1. The summed E-state index contributed by atoms with van der Waals surface area (Å²) in [4.78, 5) is 2.64. The standard InChI is InChI=1S/C19H30N2/c1-14-8-3-6-12-17(14)21(2)18-13-7-10-15-9-4-5-11-16(15)19(18)20/h4-5,9,11,14,17-19H,3,6-8,10,12-13,20H2,1-2H3. The van der Waals surface area contributed by atoms with E-state index in [1.54, 1.807) is 0 Å². The highest BCUT2D eigenvalue weighted by Crippen LogP contribution is 2.35. The Hall–Kier alpha value is -0.860. The van der Waals surface area contributed by atoms with Gasteiger partial charge in [0.15, 0.2) is 0 Å². The first-order valence-corrected chi connectivity index (χ1v) is 8.74. The fraction of sp³-hybridized carbons (Fsp3) is 0.684. The van der Waals surface area contributed by atoms with Crippen LogP contribution in [0.4, 0.5) is 0 Å². The smallest absolute Gasteiger partial charge is 0.0455 e. The van der Waals surface area contributed by atoms with Crippen LogP contribution in [0.2, 0.25) is 0 Å². The van der Waals surface area contributed by atoms with Crippen molar-refractivity contribution in [3.8, 4) is 0 Å². The van der Waals surface area contributed by atoms with Gasteiger partial charge in [0.25, 0.3) is 0 Å². The summed E-state index contributed by atoms with van der Waals surface area (Å²) in [6.45, 7) is 2.43. The lowest BCUT2D eigenvalue weighted by Gasteiger charge is -2.42. The molecule has 116 valence electrons. The van der Waals surface area contributed by atoms with E-state index in [1.807, 2.05) is 0 Å². The Morgan fingerprint density at radius 1 is 1.00 bits per heavy atom. The van der Waals surface area contributed by atoms with Gasteiger partial charge in [-0.3, -0.25) is 4.90 Å². The summed E-state index contributed by atoms with van der Waals surface area (Å²) in [7, 11) is 2.32. The van der Waals surface area contributed by atoms with Crippen molar-refractivity contribution in [1.29, 1.82) is 0 Å². The van der Waals surface area contributed by atoms with E-state index in [4.69, 9.17) is 5.73 Å². The molecule has 2 N–H and O–H groups in total. The van der Waals surface area contributed by atoms with Gasteiger partial charge in [0.1, 0.15) is 0 Å². The molecule has 0 saturated heterocycles. The van der Waals surface area contributed by atoms with Gasteiger partial charge in [-0.05, 0) is 56.2 Å². The maximum atomic E-state index is 6.70. The van der Waals surface area contributed by atoms with Crippen LogP contribution in [-0.4, -0.2) is 24.0 Å². The number of fused-ring (bicyclic) bond motifs is 1. The molecule has 2 nitrogen and oxygen atoms in total. The van der Waals surface area contributed by atoms with Crippen LogP contribution < -0.4 is 5.73 Å². The molecule has 0 bridgehead atoms. The average Bonchev–Trinajstić information content (AvgIpc) is 2.67. The summed E-state index contributed by atoms with van der Waals surface area (Å²) >= 11 is 0. The molecule has 0 spiro atoms. The third-order valence-electron chi connectivity index (χ3n) is 5.89. The Kier molecular flexibility index (Phi) is 4.66. The Morgan fingerprint density at radius 2 is 1.71 bits per heavy atom. The zero-order valence-corrected chi connectivity index (χ0v) is 13.6. The molecule has 1 aromatic carbocycles. The number of nitrogens with zero attached hydrogens (tertiary/aromatic N) is 1. The summed E-state index contributed by atoms with van der Waals surface area (Å²) in [5, 5.41) is 0. The summed E-state index contributed by atoms with van der Waals surface area (Å²) in [5.41, 5.74) is 9.56. The van der Waals surface area contributed by atoms with E-state index >= 15 is 0 Å². The van der Waals surface area contributed by atoms with Crippen molar-refractivity contribution in [2.75, 3.05) is 7.05 Å². The molecule has 21 heavy (non-hydrogen) atoms. The van der Waals surface area contributed by atoms with Crippen LogP contribution in [0.3, 0.4) is 0 Å². The highest BCUT2D eigenvalue weighted by Gasteiger charge is 2.34. The number of nitrogens with two attached hydrogens (primary N) is 1. The zero-order chi connectivity index (χ0) is 14.8. The number of hydrogen-bond acceptors (Lipinski definition) is 2. The third-order valence-corrected chi connectivity index (χ3v) is 5.89. The van der Waals surface area contributed by atoms with Crippen LogP contribution >= 0.6 is 0 Å². The summed E-state index contributed by atoms with van der Waals surface area (Å²) in [6, 6.07) is 10.2. The topological polar surface area (TPSA) is 29.3 Å². The molecule has 2 aliphatic carbocycles. The maximum absolute atomic E-state index is 6.70. The molecule has 0 aromatic heterocycles. The van der Waals surface area contributed by atoms with E-state index in [2.05, 4.69) is 43.1 Å². The second-order valence-corrected chi connectivity index (χ2v) is 7.18. The molecule has 1 aromatic rings. The summed E-state index contributed by atoms with van der Waals surface area (Å²) < 4.78 is 0. The van der Waals surface area contributed by atoms with Crippen LogP contribution in [0.15, 0.2) is 24.3 Å². The molecule has 0 heterocycles. The molecule has 4 unspecified atom stereocenters. The van der Waals surface area contributed by atoms with Gasteiger partial charge in [-0.25, -0.2) is 0 Å². The third kappa shape index (κ3) is 3.02. The van der Waals surface area contributed by atoms with Gasteiger partial charge in [0, 0.05) is 18.1 Å². The van der Waals surface area contributed by atoms with E-state index in [0.29, 0.717) is 6.04 Å². The van der Waals surface area contributed by atoms with E-state index in [9.17, 15) is 0 Å². The Labute approximate surface area is 129 Å². The van der Waals surface area contributed by atoms with Crippen molar-refractivity contribution in [3.63, 3.8) is 0 Å². The molecule has 4 atom stereocenters. The van der Waals surface area contributed by atoms with Gasteiger partial charge in [-0.15, -0.1) is 0 Å². The summed E-state index contributed by atoms with van der Waals surface area (Å²) in [6.07, 6.45) is 9.21. The van der Waals surface area contributed by atoms with E-state index in [0.717, 1.165) is 12.0 Å². The average molecular weight is 286 g/mol. The first-order chi connectivity index (χ1) is 10.2. The minimum atomic E-state index is 0.169. The van der Waals surface area contributed by atoms with Crippen molar-refractivity contribution in [3.05, 3.63) is 35.4 Å². The highest BCUT2D eigenvalue weighted by molar-refractivity contribution is 5.32. The van der Waals surface area contributed by atoms with Gasteiger partial charge in [-0.1, -0.05) is 44.0 Å². The van der Waals surface area contributed by atoms with Crippen LogP contribution in [0.1, 0.15) is 62.6 Å². The highest BCUT2D eigenvalue weighted by atomic mass is 15.2. The normalized spacial score (nSPS) is 33.5. The minimum absolute atomic E-state index is 0.169. The van der Waals surface area contributed by atoms with Crippen molar-refractivity contribution in [2.45, 2.75) is 70.0 Å². The van der Waals surface area contributed by atoms with E-state index < -0.39 is 0 Å². The number of likely N-dealkylation sites (N-methyl/N-ethyl adjacent to an activating group) is 1. The maximum Gasteiger partial charge on any atom is 0.0455 e. The summed E-state index contributed by atoms with van der Waals surface area (Å²) in [5.74, 6) is 0.814. The fourth-order valence-electron chi connectivity index (χ4n) is 4.58. The molecule has 1 fully saturated rings. The molecule has 1 saturated carbocycles. The Bertz CT molecular complexity index is 470. The lowest BCUT2D eigenvalue weighted by Crippen LogP contribution is -2.49. The van der Waals surface area contributed by atoms with Gasteiger partial charge >= 0.3 is 0 Å². The first kappa shape index (κ1) is 15.1. The molecule has 0 amide bonds. The lowest BCUT2D eigenvalue weighted by atomic mass is 9.83. The van der Waals surface area contributed by atoms with Crippen LogP contribution in [0.5, 0.6) is 0 Å². The predicted octanol–water partition coefficient (Wildman–Crippen LogP) is 3.90. The SMILES string of the molecule is CC1CCCCC1N(C)C1CCCc2ccccc2C1N. The van der Waals surface area contributed by atoms with Gasteiger partial charge in [0.2, 0.25) is 0 Å². The number of hydrogen-bond donors (Lipinski definition) is 1. The van der Waals surface area contributed by atoms with Crippen molar-refractivity contribution in [1.82, 2.24) is 4.90 Å². The van der Waals surface area contributed by atoms with Crippen molar-refractivity contribution >= 4 is 0 Å². The van der Waals surface area contributed by atoms with Crippen molar-refractivity contribution in [2.24, 2.45) is 11.7 Å². The van der Waals surface area contributed by atoms with Gasteiger partial charge in [-0.2, -0.15) is 0 Å². The largest absolute Gasteiger partial charge is 0.323 e. The molecule has 2 aliphatic rings. The second kappa shape index (κ2) is 6.50. The zero-order valence-electron chi connectivity index (χ0n) is 13.6. The van der Waals surface area contributed by atoms with E-state index in [-0.39, 0.29) is 6.04 Å². The Morgan fingerprint density at radius 3 is 2.52 bits per heavy atom. The number of rotatable bonds is 2. The second-order valence-electron chi connectivity index (χ2n) is 7.18. The molecular formula is C19H30N2. The fourth-order valence-corrected chi connectivity index (χ4v) is 4.58. The monoisotopic (exact) mass is 286 g/mol. The van der Waals surface area contributed by atoms with Crippen LogP contribution in [0, 0.1) is 5.92 Å². The predicted molar refractivity (Wildman–Crippen MR) is 89.3 cm³/mol. The van der Waals surface area contributed by atoms with Gasteiger partial charge in [0.05, 0.1) is 0 Å². The molecule has 3 rings (SSSR count). The Balaban J connectivity index is 1.81. The minimum Gasteiger partial charge on any atom is -0.323 e. The quantitative estimate of drug-likeness (QED) is 0.835. The molecular weight excluding hydrogens is 256 g/mol. The van der Waals surface area contributed by atoms with Crippen LogP contribution in [-0.2, 0) is 6.42 Å². The molecule has 0 radical (unpaired) electrons. The van der Waals surface area contributed by atoms with Gasteiger partial charge < -0.3 is 5.73 Å². The number of aryl methyl sites for hydroxylation is 1. The van der Waals surface area contributed by atoms with Crippen molar-refractivity contribution < 1.29 is 0 Å². The molecule has 2 heteroatoms. The molecule has 0 aliphatic heterocycles. The van der Waals surface area contributed by atoms with Crippen LogP contribution in [0.25, 0.3) is 0 Å². The van der Waals surface area contributed by atoms with E-state index in [1.165, 1.54) is 56.1 Å². The first-order valence-electron chi connectivity index (χ1n) is 8.74.